The number of aromatic nitrogens is 4. The second-order valence-corrected chi connectivity index (χ2v) is 7.62. The van der Waals surface area contributed by atoms with Crippen LogP contribution in [0.15, 0.2) is 47.8 Å². The maximum atomic E-state index is 12.7. The van der Waals surface area contributed by atoms with Crippen molar-refractivity contribution in [1.82, 2.24) is 19.7 Å². The molecule has 0 aliphatic rings. The SMILES string of the molecule is Cc1nn(C)c(C)c1N[S+](=O)(O)c1ccc(CNc2ccncn2)cc1. The van der Waals surface area contributed by atoms with Gasteiger partial charge in [0.1, 0.15) is 17.8 Å². The Balaban J connectivity index is 1.71. The van der Waals surface area contributed by atoms with Gasteiger partial charge in [0.15, 0.2) is 0 Å². The van der Waals surface area contributed by atoms with Gasteiger partial charge in [-0.3, -0.25) is 4.68 Å². The van der Waals surface area contributed by atoms with Crippen molar-refractivity contribution in [1.29, 1.82) is 0 Å². The normalized spacial score (nSPS) is 13.2. The lowest BCUT2D eigenvalue weighted by Gasteiger charge is -2.09. The average Bonchev–Trinajstić information content (AvgIpc) is 2.87. The zero-order chi connectivity index (χ0) is 18.7. The fourth-order valence-corrected chi connectivity index (χ4v) is 3.69. The van der Waals surface area contributed by atoms with Crippen molar-refractivity contribution < 1.29 is 8.76 Å². The van der Waals surface area contributed by atoms with E-state index >= 15 is 0 Å². The molecule has 1 unspecified atom stereocenters. The molecule has 2 aromatic heterocycles. The van der Waals surface area contributed by atoms with E-state index < -0.39 is 10.4 Å². The highest BCUT2D eigenvalue weighted by atomic mass is 32.3. The predicted molar refractivity (Wildman–Crippen MR) is 101 cm³/mol. The lowest BCUT2D eigenvalue weighted by atomic mass is 10.2. The van der Waals surface area contributed by atoms with Crippen molar-refractivity contribution in [2.75, 3.05) is 10.0 Å². The molecule has 0 bridgehead atoms. The van der Waals surface area contributed by atoms with Crippen LogP contribution in [0.5, 0.6) is 0 Å². The summed E-state index contributed by atoms with van der Waals surface area (Å²) in [7, 11) is -1.63. The smallest absolute Gasteiger partial charge is 0.346 e. The highest BCUT2D eigenvalue weighted by Gasteiger charge is 2.31. The minimum absolute atomic E-state index is 0.311. The second kappa shape index (κ2) is 7.22. The number of benzene rings is 1. The van der Waals surface area contributed by atoms with Gasteiger partial charge >= 0.3 is 10.4 Å². The molecule has 0 saturated heterocycles. The lowest BCUT2D eigenvalue weighted by Crippen LogP contribution is -2.21. The van der Waals surface area contributed by atoms with E-state index in [4.69, 9.17) is 0 Å². The highest BCUT2D eigenvalue weighted by molar-refractivity contribution is 7.99. The highest BCUT2D eigenvalue weighted by Crippen LogP contribution is 2.25. The molecule has 9 heteroatoms. The maximum Gasteiger partial charge on any atom is 0.346 e. The molecule has 0 radical (unpaired) electrons. The van der Waals surface area contributed by atoms with Crippen LogP contribution in [-0.2, 0) is 28.2 Å². The predicted octanol–water partition coefficient (Wildman–Crippen LogP) is 2.80. The number of nitrogens with one attached hydrogen (secondary N) is 2. The number of nitrogens with zero attached hydrogens (tertiary/aromatic N) is 4. The Labute approximate surface area is 153 Å². The van der Waals surface area contributed by atoms with Crippen molar-refractivity contribution >= 4 is 21.9 Å². The Bertz CT molecular complexity index is 940. The van der Waals surface area contributed by atoms with E-state index in [1.165, 1.54) is 6.33 Å². The van der Waals surface area contributed by atoms with Crippen molar-refractivity contribution in [2.45, 2.75) is 25.3 Å². The molecular weight excluding hydrogens is 352 g/mol. The number of hydrogen-bond donors (Lipinski definition) is 3. The van der Waals surface area contributed by atoms with Crippen LogP contribution in [-0.4, -0.2) is 24.3 Å². The molecular formula is C17H21N6O2S+. The molecule has 136 valence electrons. The summed E-state index contributed by atoms with van der Waals surface area (Å²) in [5.41, 5.74) is 3.03. The summed E-state index contributed by atoms with van der Waals surface area (Å²) in [4.78, 5) is 8.26. The second-order valence-electron chi connectivity index (χ2n) is 5.89. The topological polar surface area (TPSA) is 105 Å². The molecule has 0 amide bonds. The molecule has 3 aromatic rings. The molecule has 1 atom stereocenters. The van der Waals surface area contributed by atoms with Gasteiger partial charge in [0, 0.05) is 19.8 Å². The van der Waals surface area contributed by atoms with E-state index in [9.17, 15) is 8.76 Å². The third-order valence-corrected chi connectivity index (χ3v) is 5.44. The van der Waals surface area contributed by atoms with Gasteiger partial charge in [-0.15, -0.1) is 0 Å². The fraction of sp³-hybridized carbons (Fsp3) is 0.235. The molecule has 8 nitrogen and oxygen atoms in total. The van der Waals surface area contributed by atoms with Crippen molar-refractivity contribution in [3.05, 3.63) is 59.8 Å². The Morgan fingerprint density at radius 2 is 1.92 bits per heavy atom. The van der Waals surface area contributed by atoms with Gasteiger partial charge in [0.25, 0.3) is 0 Å². The van der Waals surface area contributed by atoms with Crippen LogP contribution >= 0.6 is 0 Å². The molecule has 3 rings (SSSR count). The van der Waals surface area contributed by atoms with Gasteiger partial charge in [0.05, 0.1) is 11.4 Å². The van der Waals surface area contributed by atoms with Crippen LogP contribution in [0.1, 0.15) is 17.0 Å². The third-order valence-electron chi connectivity index (χ3n) is 4.05. The Morgan fingerprint density at radius 1 is 1.19 bits per heavy atom. The molecule has 2 heterocycles. The van der Waals surface area contributed by atoms with Crippen LogP contribution in [0.3, 0.4) is 0 Å². The Kier molecular flexibility index (Phi) is 5.01. The summed E-state index contributed by atoms with van der Waals surface area (Å²) in [6.45, 7) is 4.20. The fourth-order valence-electron chi connectivity index (χ4n) is 2.50. The summed E-state index contributed by atoms with van der Waals surface area (Å²) in [6, 6.07) is 8.69. The van der Waals surface area contributed by atoms with E-state index in [0.29, 0.717) is 22.8 Å². The molecule has 0 aliphatic carbocycles. The summed E-state index contributed by atoms with van der Waals surface area (Å²) in [5, 5.41) is 7.42. The first kappa shape index (κ1) is 18.0. The van der Waals surface area contributed by atoms with Gasteiger partial charge in [-0.1, -0.05) is 12.1 Å². The molecule has 0 fully saturated rings. The van der Waals surface area contributed by atoms with Crippen molar-refractivity contribution in [3.8, 4) is 0 Å². The molecule has 1 aromatic carbocycles. The first-order valence-corrected chi connectivity index (χ1v) is 9.52. The molecule has 0 aliphatic heterocycles. The van der Waals surface area contributed by atoms with E-state index in [1.807, 2.05) is 19.1 Å². The van der Waals surface area contributed by atoms with Gasteiger partial charge in [-0.2, -0.15) is 14.4 Å². The first-order valence-electron chi connectivity index (χ1n) is 8.00. The maximum absolute atomic E-state index is 12.7. The number of anilines is 2. The monoisotopic (exact) mass is 373 g/mol. The van der Waals surface area contributed by atoms with Crippen LogP contribution in [0.25, 0.3) is 0 Å². The van der Waals surface area contributed by atoms with Gasteiger partial charge < -0.3 is 5.32 Å². The molecule has 0 spiro atoms. The van der Waals surface area contributed by atoms with E-state index in [2.05, 4.69) is 25.1 Å². The van der Waals surface area contributed by atoms with Crippen LogP contribution in [0.4, 0.5) is 11.5 Å². The zero-order valence-electron chi connectivity index (χ0n) is 14.8. The Morgan fingerprint density at radius 3 is 2.50 bits per heavy atom. The van der Waals surface area contributed by atoms with Crippen molar-refractivity contribution in [3.63, 3.8) is 0 Å². The van der Waals surface area contributed by atoms with E-state index in [-0.39, 0.29) is 0 Å². The van der Waals surface area contributed by atoms with Gasteiger partial charge in [-0.25, -0.2) is 9.97 Å². The van der Waals surface area contributed by atoms with Gasteiger partial charge in [0.2, 0.25) is 4.90 Å². The molecule has 26 heavy (non-hydrogen) atoms. The van der Waals surface area contributed by atoms with Crippen LogP contribution in [0, 0.1) is 13.8 Å². The summed E-state index contributed by atoms with van der Waals surface area (Å²) in [5.74, 6) is 0.722. The van der Waals surface area contributed by atoms with Crippen LogP contribution in [0.2, 0.25) is 0 Å². The number of aryl methyl sites for hydroxylation is 2. The van der Waals surface area contributed by atoms with E-state index in [0.717, 1.165) is 17.1 Å². The van der Waals surface area contributed by atoms with Crippen molar-refractivity contribution in [2.24, 2.45) is 7.05 Å². The summed E-state index contributed by atoms with van der Waals surface area (Å²) >= 11 is 0. The number of hydrogen-bond acceptors (Lipinski definition) is 5. The summed E-state index contributed by atoms with van der Waals surface area (Å²) < 4.78 is 27.6. The minimum atomic E-state index is -3.42. The zero-order valence-corrected chi connectivity index (χ0v) is 15.6. The van der Waals surface area contributed by atoms with Crippen LogP contribution < -0.4 is 10.0 Å². The molecule has 0 saturated carbocycles. The Hall–Kier alpha value is -2.78. The standard InChI is InChI=1S/C17H20N6O2S/c1-12-17(13(2)23(3)21-12)22-26(24,25)15-6-4-14(5-7-15)10-19-16-8-9-18-11-20-16/h4-9,11H,10H2,1-3H3,(H2-,18,19,20,22,24,25)/p+1. The summed E-state index contributed by atoms with van der Waals surface area (Å²) in [6.07, 6.45) is 3.13. The van der Waals surface area contributed by atoms with E-state index in [1.54, 1.807) is 43.0 Å². The minimum Gasteiger partial charge on any atom is -0.366 e. The molecule has 3 N–H and O–H groups in total. The largest absolute Gasteiger partial charge is 0.366 e. The first-order chi connectivity index (χ1) is 12.4. The average molecular weight is 373 g/mol. The van der Waals surface area contributed by atoms with Gasteiger partial charge in [-0.05, 0) is 41.8 Å². The lowest BCUT2D eigenvalue weighted by molar-refractivity contribution is 0.502. The number of rotatable bonds is 6. The third kappa shape index (κ3) is 3.89. The quantitative estimate of drug-likeness (QED) is 0.574.